The Hall–Kier alpha value is -0.340. The third-order valence-corrected chi connectivity index (χ3v) is 3.82. The van der Waals surface area contributed by atoms with Gasteiger partial charge >= 0.3 is 0 Å². The Kier molecular flexibility index (Phi) is 5.50. The average Bonchev–Trinajstić information content (AvgIpc) is 2.77. The van der Waals surface area contributed by atoms with Crippen LogP contribution in [0.1, 0.15) is 46.5 Å². The highest BCUT2D eigenvalue weighted by molar-refractivity contribution is 4.97. The molecule has 16 heavy (non-hydrogen) atoms. The molecule has 1 aliphatic rings. The van der Waals surface area contributed by atoms with Crippen LogP contribution < -0.4 is 5.32 Å². The van der Waals surface area contributed by atoms with Crippen LogP contribution in [0.25, 0.3) is 0 Å². The van der Waals surface area contributed by atoms with Gasteiger partial charge in [0, 0.05) is 11.6 Å². The second-order valence-corrected chi connectivity index (χ2v) is 5.38. The van der Waals surface area contributed by atoms with Crippen molar-refractivity contribution >= 4 is 0 Å². The first-order chi connectivity index (χ1) is 7.62. The van der Waals surface area contributed by atoms with Gasteiger partial charge in [0.25, 0.3) is 0 Å². The Labute approximate surface area is 101 Å². The zero-order valence-corrected chi connectivity index (χ0v) is 11.3. The molecule has 0 spiro atoms. The summed E-state index contributed by atoms with van der Waals surface area (Å²) < 4.78 is 0. The van der Waals surface area contributed by atoms with E-state index in [1.807, 2.05) is 6.08 Å². The lowest BCUT2D eigenvalue weighted by Crippen LogP contribution is -2.56. The number of hydrogen-bond acceptors (Lipinski definition) is 2. The Morgan fingerprint density at radius 1 is 1.38 bits per heavy atom. The Morgan fingerprint density at radius 2 is 2.00 bits per heavy atom. The Morgan fingerprint density at radius 3 is 2.50 bits per heavy atom. The summed E-state index contributed by atoms with van der Waals surface area (Å²) in [5.74, 6) is 0. The molecular weight excluding hydrogens is 196 g/mol. The lowest BCUT2D eigenvalue weighted by Gasteiger charge is -2.42. The van der Waals surface area contributed by atoms with E-state index < -0.39 is 0 Å². The van der Waals surface area contributed by atoms with E-state index in [9.17, 15) is 0 Å². The zero-order valence-electron chi connectivity index (χ0n) is 11.3. The Bertz CT molecular complexity index is 205. The van der Waals surface area contributed by atoms with Gasteiger partial charge in [0.05, 0.1) is 0 Å². The van der Waals surface area contributed by atoms with Crippen molar-refractivity contribution in [2.75, 3.05) is 19.6 Å². The maximum Gasteiger partial charge on any atom is 0.0309 e. The van der Waals surface area contributed by atoms with Gasteiger partial charge in [-0.15, -0.1) is 6.58 Å². The summed E-state index contributed by atoms with van der Waals surface area (Å²) in [6.45, 7) is 14.5. The van der Waals surface area contributed by atoms with Crippen molar-refractivity contribution in [1.82, 2.24) is 10.2 Å². The molecular formula is C14H28N2. The summed E-state index contributed by atoms with van der Waals surface area (Å²) in [6.07, 6.45) is 7.02. The summed E-state index contributed by atoms with van der Waals surface area (Å²) in [6, 6.07) is 0.531. The van der Waals surface area contributed by atoms with Crippen molar-refractivity contribution in [1.29, 1.82) is 0 Å². The van der Waals surface area contributed by atoms with E-state index in [2.05, 4.69) is 37.6 Å². The molecule has 94 valence electrons. The molecule has 1 fully saturated rings. The molecule has 0 aromatic carbocycles. The van der Waals surface area contributed by atoms with Crippen molar-refractivity contribution in [3.63, 3.8) is 0 Å². The second-order valence-electron chi connectivity index (χ2n) is 5.38. The topological polar surface area (TPSA) is 15.3 Å². The summed E-state index contributed by atoms with van der Waals surface area (Å²) in [4.78, 5) is 2.63. The normalized spacial score (nSPS) is 19.9. The van der Waals surface area contributed by atoms with Gasteiger partial charge in [0.1, 0.15) is 0 Å². The van der Waals surface area contributed by atoms with Crippen LogP contribution in [0.4, 0.5) is 0 Å². The minimum Gasteiger partial charge on any atom is -0.312 e. The second kappa shape index (κ2) is 6.41. The highest BCUT2D eigenvalue weighted by Gasteiger charge is 2.35. The van der Waals surface area contributed by atoms with Crippen molar-refractivity contribution in [3.8, 4) is 0 Å². The van der Waals surface area contributed by atoms with Gasteiger partial charge < -0.3 is 5.32 Å². The van der Waals surface area contributed by atoms with E-state index in [1.165, 1.54) is 32.4 Å². The smallest absolute Gasteiger partial charge is 0.0309 e. The quantitative estimate of drug-likeness (QED) is 0.669. The lowest BCUT2D eigenvalue weighted by molar-refractivity contribution is 0.108. The number of likely N-dealkylation sites (tertiary alicyclic amines) is 1. The third-order valence-electron chi connectivity index (χ3n) is 3.82. The predicted molar refractivity (Wildman–Crippen MR) is 71.8 cm³/mol. The molecule has 0 saturated carbocycles. The minimum atomic E-state index is 0.250. The molecule has 1 aliphatic heterocycles. The predicted octanol–water partition coefficient (Wildman–Crippen LogP) is 2.81. The van der Waals surface area contributed by atoms with Gasteiger partial charge in [-0.1, -0.05) is 13.0 Å². The lowest BCUT2D eigenvalue weighted by atomic mass is 9.90. The fourth-order valence-electron chi connectivity index (χ4n) is 2.62. The highest BCUT2D eigenvalue weighted by Crippen LogP contribution is 2.26. The van der Waals surface area contributed by atoms with E-state index in [0.29, 0.717) is 6.04 Å². The van der Waals surface area contributed by atoms with Crippen LogP contribution in [0.5, 0.6) is 0 Å². The summed E-state index contributed by atoms with van der Waals surface area (Å²) in [5.41, 5.74) is 0.250. The van der Waals surface area contributed by atoms with E-state index in [1.54, 1.807) is 0 Å². The molecule has 0 amide bonds. The van der Waals surface area contributed by atoms with Crippen LogP contribution >= 0.6 is 0 Å². The van der Waals surface area contributed by atoms with Crippen molar-refractivity contribution in [3.05, 3.63) is 12.7 Å². The molecule has 1 atom stereocenters. The fourth-order valence-corrected chi connectivity index (χ4v) is 2.62. The maximum absolute atomic E-state index is 3.89. The van der Waals surface area contributed by atoms with Crippen LogP contribution in [0.2, 0.25) is 0 Å². The number of nitrogens with zero attached hydrogens (tertiary/aromatic N) is 1. The van der Waals surface area contributed by atoms with Crippen LogP contribution in [0.3, 0.4) is 0 Å². The first-order valence-corrected chi connectivity index (χ1v) is 6.72. The molecule has 1 rings (SSSR count). The molecule has 0 aromatic heterocycles. The molecule has 2 heteroatoms. The molecule has 0 aliphatic carbocycles. The average molecular weight is 224 g/mol. The van der Waals surface area contributed by atoms with Crippen molar-refractivity contribution in [2.24, 2.45) is 0 Å². The first-order valence-electron chi connectivity index (χ1n) is 6.72. The van der Waals surface area contributed by atoms with E-state index in [4.69, 9.17) is 0 Å². The van der Waals surface area contributed by atoms with Crippen molar-refractivity contribution < 1.29 is 0 Å². The Balaban J connectivity index is 2.61. The molecule has 1 saturated heterocycles. The van der Waals surface area contributed by atoms with Gasteiger partial charge in [-0.05, 0) is 59.2 Å². The summed E-state index contributed by atoms with van der Waals surface area (Å²) in [7, 11) is 0. The van der Waals surface area contributed by atoms with Crippen LogP contribution in [-0.2, 0) is 0 Å². The van der Waals surface area contributed by atoms with Gasteiger partial charge in [-0.3, -0.25) is 4.90 Å². The van der Waals surface area contributed by atoms with Crippen molar-refractivity contribution in [2.45, 2.75) is 58.0 Å². The summed E-state index contributed by atoms with van der Waals surface area (Å²) in [5, 5.41) is 3.67. The standard InChI is InChI=1S/C14H28N2/c1-5-9-13(15-10-6-2)14(3,4)16-11-7-8-12-16/h5,13,15H,1,6-12H2,2-4H3. The molecule has 0 bridgehead atoms. The van der Waals surface area contributed by atoms with Crippen LogP contribution in [-0.4, -0.2) is 36.1 Å². The fraction of sp³-hybridized carbons (Fsp3) is 0.857. The monoisotopic (exact) mass is 224 g/mol. The largest absolute Gasteiger partial charge is 0.312 e. The summed E-state index contributed by atoms with van der Waals surface area (Å²) >= 11 is 0. The van der Waals surface area contributed by atoms with Gasteiger partial charge in [0.2, 0.25) is 0 Å². The molecule has 0 radical (unpaired) electrons. The first kappa shape index (κ1) is 13.7. The molecule has 0 aromatic rings. The third kappa shape index (κ3) is 3.33. The van der Waals surface area contributed by atoms with E-state index >= 15 is 0 Å². The molecule has 1 unspecified atom stereocenters. The van der Waals surface area contributed by atoms with E-state index in [0.717, 1.165) is 13.0 Å². The van der Waals surface area contributed by atoms with Gasteiger partial charge in [0.15, 0.2) is 0 Å². The molecule has 2 nitrogen and oxygen atoms in total. The molecule has 1 N–H and O–H groups in total. The zero-order chi connectivity index (χ0) is 12.0. The number of hydrogen-bond donors (Lipinski definition) is 1. The number of nitrogens with one attached hydrogen (secondary N) is 1. The molecule has 1 heterocycles. The van der Waals surface area contributed by atoms with Crippen LogP contribution in [0.15, 0.2) is 12.7 Å². The van der Waals surface area contributed by atoms with Crippen LogP contribution in [0, 0.1) is 0 Å². The van der Waals surface area contributed by atoms with E-state index in [-0.39, 0.29) is 5.54 Å². The maximum atomic E-state index is 3.89. The van der Waals surface area contributed by atoms with Gasteiger partial charge in [-0.2, -0.15) is 0 Å². The minimum absolute atomic E-state index is 0.250. The number of rotatable bonds is 7. The highest BCUT2D eigenvalue weighted by atomic mass is 15.2. The van der Waals surface area contributed by atoms with Gasteiger partial charge in [-0.25, -0.2) is 0 Å². The SMILES string of the molecule is C=CCC(NCCC)C(C)(C)N1CCCC1.